The van der Waals surface area contributed by atoms with Crippen molar-refractivity contribution >= 4 is 17.5 Å². The van der Waals surface area contributed by atoms with Gasteiger partial charge < -0.3 is 20.1 Å². The lowest BCUT2D eigenvalue weighted by atomic mass is 10.1. The lowest BCUT2D eigenvalue weighted by Crippen LogP contribution is -2.32. The SMILES string of the molecule is COc1ccc(O[C@@H](C)C(=O)Nc2ccccc2C(=O)N[C@@H](C)c2ccccc2)cc1. The Morgan fingerprint density at radius 3 is 2.10 bits per heavy atom. The second kappa shape index (κ2) is 10.3. The summed E-state index contributed by atoms with van der Waals surface area (Å²) < 4.78 is 10.8. The summed E-state index contributed by atoms with van der Waals surface area (Å²) >= 11 is 0. The zero-order valence-electron chi connectivity index (χ0n) is 17.8. The summed E-state index contributed by atoms with van der Waals surface area (Å²) in [5.74, 6) is 0.628. The number of ether oxygens (including phenoxy) is 2. The normalized spacial score (nSPS) is 12.4. The van der Waals surface area contributed by atoms with E-state index < -0.39 is 6.10 Å². The van der Waals surface area contributed by atoms with Crippen LogP contribution < -0.4 is 20.1 Å². The van der Waals surface area contributed by atoms with Gasteiger partial charge in [-0.1, -0.05) is 42.5 Å². The largest absolute Gasteiger partial charge is 0.497 e. The van der Waals surface area contributed by atoms with Crippen molar-refractivity contribution in [1.82, 2.24) is 5.32 Å². The highest BCUT2D eigenvalue weighted by Gasteiger charge is 2.19. The molecular weight excluding hydrogens is 392 g/mol. The van der Waals surface area contributed by atoms with Crippen LogP contribution in [0.3, 0.4) is 0 Å². The molecule has 0 aliphatic carbocycles. The van der Waals surface area contributed by atoms with E-state index in [0.717, 1.165) is 5.56 Å². The lowest BCUT2D eigenvalue weighted by Gasteiger charge is -2.18. The highest BCUT2D eigenvalue weighted by atomic mass is 16.5. The maximum Gasteiger partial charge on any atom is 0.265 e. The van der Waals surface area contributed by atoms with Crippen molar-refractivity contribution in [3.05, 3.63) is 90.0 Å². The minimum Gasteiger partial charge on any atom is -0.497 e. The molecule has 0 unspecified atom stereocenters. The summed E-state index contributed by atoms with van der Waals surface area (Å²) in [6, 6.07) is 23.4. The van der Waals surface area contributed by atoms with Crippen LogP contribution in [-0.4, -0.2) is 25.0 Å². The van der Waals surface area contributed by atoms with Crippen molar-refractivity contribution < 1.29 is 19.1 Å². The molecule has 0 heterocycles. The van der Waals surface area contributed by atoms with Gasteiger partial charge in [-0.05, 0) is 55.8 Å². The van der Waals surface area contributed by atoms with Gasteiger partial charge in [-0.2, -0.15) is 0 Å². The van der Waals surface area contributed by atoms with Crippen LogP contribution in [0.2, 0.25) is 0 Å². The van der Waals surface area contributed by atoms with Gasteiger partial charge in [0, 0.05) is 0 Å². The van der Waals surface area contributed by atoms with Crippen LogP contribution in [0.15, 0.2) is 78.9 Å². The van der Waals surface area contributed by atoms with Gasteiger partial charge in [0.1, 0.15) is 11.5 Å². The summed E-state index contributed by atoms with van der Waals surface area (Å²) in [6.07, 6.45) is -0.757. The monoisotopic (exact) mass is 418 g/mol. The van der Waals surface area contributed by atoms with Crippen molar-refractivity contribution in [2.24, 2.45) is 0 Å². The third-order valence-electron chi connectivity index (χ3n) is 4.82. The highest BCUT2D eigenvalue weighted by Crippen LogP contribution is 2.20. The van der Waals surface area contributed by atoms with Crippen molar-refractivity contribution in [2.75, 3.05) is 12.4 Å². The van der Waals surface area contributed by atoms with Crippen molar-refractivity contribution in [2.45, 2.75) is 26.0 Å². The lowest BCUT2D eigenvalue weighted by molar-refractivity contribution is -0.122. The fourth-order valence-electron chi connectivity index (χ4n) is 3.04. The Kier molecular flexibility index (Phi) is 7.27. The zero-order chi connectivity index (χ0) is 22.2. The molecule has 0 aromatic heterocycles. The van der Waals surface area contributed by atoms with E-state index in [1.165, 1.54) is 0 Å². The molecule has 2 amide bonds. The molecule has 31 heavy (non-hydrogen) atoms. The molecule has 160 valence electrons. The smallest absolute Gasteiger partial charge is 0.265 e. The molecule has 6 heteroatoms. The predicted octanol–water partition coefficient (Wildman–Crippen LogP) is 4.59. The van der Waals surface area contributed by atoms with Gasteiger partial charge in [-0.15, -0.1) is 0 Å². The molecule has 3 rings (SSSR count). The number of benzene rings is 3. The van der Waals surface area contributed by atoms with Gasteiger partial charge in [0.15, 0.2) is 6.10 Å². The Hall–Kier alpha value is -3.80. The molecule has 0 bridgehead atoms. The van der Waals surface area contributed by atoms with Crippen LogP contribution in [0.4, 0.5) is 5.69 Å². The molecule has 0 saturated heterocycles. The topological polar surface area (TPSA) is 76.7 Å². The average molecular weight is 418 g/mol. The van der Waals surface area contributed by atoms with E-state index in [4.69, 9.17) is 9.47 Å². The zero-order valence-corrected chi connectivity index (χ0v) is 17.8. The van der Waals surface area contributed by atoms with Gasteiger partial charge in [-0.3, -0.25) is 9.59 Å². The first-order valence-corrected chi connectivity index (χ1v) is 10.0. The van der Waals surface area contributed by atoms with Crippen LogP contribution in [0.5, 0.6) is 11.5 Å². The van der Waals surface area contributed by atoms with Gasteiger partial charge in [0.2, 0.25) is 0 Å². The number of hydrogen-bond acceptors (Lipinski definition) is 4. The van der Waals surface area contributed by atoms with Crippen molar-refractivity contribution in [1.29, 1.82) is 0 Å². The van der Waals surface area contributed by atoms with E-state index in [0.29, 0.717) is 22.7 Å². The molecule has 0 spiro atoms. The van der Waals surface area contributed by atoms with E-state index in [-0.39, 0.29) is 17.9 Å². The summed E-state index contributed by atoms with van der Waals surface area (Å²) in [5, 5.41) is 5.77. The third-order valence-corrected chi connectivity index (χ3v) is 4.82. The number of anilines is 1. The van der Waals surface area contributed by atoms with Crippen molar-refractivity contribution in [3.63, 3.8) is 0 Å². The molecule has 0 fully saturated rings. The molecular formula is C25H26N2O4. The number of nitrogens with one attached hydrogen (secondary N) is 2. The van der Waals surface area contributed by atoms with Crippen LogP contribution in [-0.2, 0) is 4.79 Å². The Bertz CT molecular complexity index is 1020. The van der Waals surface area contributed by atoms with Crippen LogP contribution in [0.1, 0.15) is 35.8 Å². The summed E-state index contributed by atoms with van der Waals surface area (Å²) in [7, 11) is 1.58. The molecule has 2 N–H and O–H groups in total. The van der Waals surface area contributed by atoms with Crippen molar-refractivity contribution in [3.8, 4) is 11.5 Å². The van der Waals surface area contributed by atoms with E-state index in [9.17, 15) is 9.59 Å². The summed E-state index contributed by atoms with van der Waals surface area (Å²) in [4.78, 5) is 25.5. The molecule has 0 aliphatic rings. The quantitative estimate of drug-likeness (QED) is 0.561. The first-order valence-electron chi connectivity index (χ1n) is 10.0. The molecule has 0 saturated carbocycles. The predicted molar refractivity (Wildman–Crippen MR) is 120 cm³/mol. The number of hydrogen-bond donors (Lipinski definition) is 2. The molecule has 3 aromatic carbocycles. The summed E-state index contributed by atoms with van der Waals surface area (Å²) in [5.41, 5.74) is 1.81. The number of para-hydroxylation sites is 1. The molecule has 3 aromatic rings. The van der Waals surface area contributed by atoms with Crippen LogP contribution in [0.25, 0.3) is 0 Å². The second-order valence-electron chi connectivity index (χ2n) is 7.08. The van der Waals surface area contributed by atoms with E-state index in [2.05, 4.69) is 10.6 Å². The fourth-order valence-corrected chi connectivity index (χ4v) is 3.04. The second-order valence-corrected chi connectivity index (χ2v) is 7.08. The Morgan fingerprint density at radius 1 is 0.806 bits per heavy atom. The van der Waals surface area contributed by atoms with Crippen LogP contribution >= 0.6 is 0 Å². The van der Waals surface area contributed by atoms with Gasteiger partial charge in [0.05, 0.1) is 24.4 Å². The Balaban J connectivity index is 1.66. The van der Waals surface area contributed by atoms with Crippen LogP contribution in [0, 0.1) is 0 Å². The first kappa shape index (κ1) is 21.9. The molecule has 6 nitrogen and oxygen atoms in total. The Morgan fingerprint density at radius 2 is 1.42 bits per heavy atom. The molecule has 0 radical (unpaired) electrons. The minimum atomic E-state index is -0.757. The number of amides is 2. The van der Waals surface area contributed by atoms with E-state index in [1.807, 2.05) is 37.3 Å². The average Bonchev–Trinajstić information content (AvgIpc) is 2.80. The van der Waals surface area contributed by atoms with E-state index >= 15 is 0 Å². The number of rotatable bonds is 8. The fraction of sp³-hybridized carbons (Fsp3) is 0.200. The molecule has 0 aliphatic heterocycles. The first-order chi connectivity index (χ1) is 15.0. The highest BCUT2D eigenvalue weighted by molar-refractivity contribution is 6.04. The Labute approximate surface area is 182 Å². The van der Waals surface area contributed by atoms with Gasteiger partial charge in [-0.25, -0.2) is 0 Å². The number of methoxy groups -OCH3 is 1. The van der Waals surface area contributed by atoms with Gasteiger partial charge in [0.25, 0.3) is 11.8 Å². The maximum atomic E-state index is 12.8. The minimum absolute atomic E-state index is 0.171. The maximum absolute atomic E-state index is 12.8. The third kappa shape index (κ3) is 5.85. The number of carbonyl (C=O) groups excluding carboxylic acids is 2. The van der Waals surface area contributed by atoms with Gasteiger partial charge >= 0.3 is 0 Å². The summed E-state index contributed by atoms with van der Waals surface area (Å²) in [6.45, 7) is 3.57. The molecule has 2 atom stereocenters. The number of carbonyl (C=O) groups is 2. The standard InChI is InChI=1S/C25H26N2O4/c1-17(19-9-5-4-6-10-19)26-25(29)22-11-7-8-12-23(22)27-24(28)18(2)31-21-15-13-20(30-3)14-16-21/h4-18H,1-3H3,(H,26,29)(H,27,28)/t17-,18-/m0/s1. The van der Waals surface area contributed by atoms with E-state index in [1.54, 1.807) is 62.6 Å².